The van der Waals surface area contributed by atoms with Gasteiger partial charge in [-0.05, 0) is 38.0 Å². The molecule has 0 aliphatic rings. The molecule has 2 atom stereocenters. The van der Waals surface area contributed by atoms with Crippen LogP contribution in [0, 0.1) is 11.7 Å². The number of nitrogens with one attached hydrogen (secondary N) is 1. The summed E-state index contributed by atoms with van der Waals surface area (Å²) in [5, 5.41) is 2.49. The highest BCUT2D eigenvalue weighted by Crippen LogP contribution is 2.18. The lowest BCUT2D eigenvalue weighted by Crippen LogP contribution is -2.22. The second kappa shape index (κ2) is 7.73. The Balaban J connectivity index is 2.65. The minimum atomic E-state index is -0.671. The van der Waals surface area contributed by atoms with Crippen molar-refractivity contribution in [1.82, 2.24) is 0 Å². The predicted molar refractivity (Wildman–Crippen MR) is 80.2 cm³/mol. The molecule has 116 valence electrons. The minimum Gasteiger partial charge on any atom is -0.366 e. The molecule has 1 aromatic carbocycles. The summed E-state index contributed by atoms with van der Waals surface area (Å²) in [5.74, 6) is -1.83. The van der Waals surface area contributed by atoms with Crippen molar-refractivity contribution in [3.8, 4) is 0 Å². The van der Waals surface area contributed by atoms with Crippen LogP contribution in [0.2, 0.25) is 0 Å². The Labute approximate surface area is 123 Å². The summed E-state index contributed by atoms with van der Waals surface area (Å²) in [4.78, 5) is 23.1. The van der Waals surface area contributed by atoms with Crippen LogP contribution in [0.4, 0.5) is 10.1 Å². The van der Waals surface area contributed by atoms with Crippen LogP contribution in [0.25, 0.3) is 0 Å². The van der Waals surface area contributed by atoms with Crippen LogP contribution < -0.4 is 16.8 Å². The molecule has 21 heavy (non-hydrogen) atoms. The van der Waals surface area contributed by atoms with Crippen LogP contribution in [-0.2, 0) is 4.79 Å². The van der Waals surface area contributed by atoms with Crippen molar-refractivity contribution >= 4 is 17.5 Å². The van der Waals surface area contributed by atoms with E-state index in [0.29, 0.717) is 6.42 Å². The molecule has 2 unspecified atom stereocenters. The van der Waals surface area contributed by atoms with Crippen LogP contribution in [0.15, 0.2) is 18.2 Å². The van der Waals surface area contributed by atoms with Gasteiger partial charge in [-0.25, -0.2) is 4.39 Å². The van der Waals surface area contributed by atoms with Gasteiger partial charge in [0.05, 0.1) is 5.69 Å². The standard InChI is InChI=1S/C15H22FN3O2/c1-9(4-3-5-10(2)17)15(21)19-13-8-11(14(18)20)6-7-12(13)16/h6-10H,3-5,17H2,1-2H3,(H2,18,20)(H,19,21). The highest BCUT2D eigenvalue weighted by molar-refractivity contribution is 5.96. The van der Waals surface area contributed by atoms with E-state index < -0.39 is 11.7 Å². The lowest BCUT2D eigenvalue weighted by Gasteiger charge is -2.13. The number of hydrogen-bond acceptors (Lipinski definition) is 3. The van der Waals surface area contributed by atoms with E-state index in [1.807, 2.05) is 6.92 Å². The average molecular weight is 295 g/mol. The van der Waals surface area contributed by atoms with Crippen molar-refractivity contribution < 1.29 is 14.0 Å². The zero-order valence-electron chi connectivity index (χ0n) is 12.4. The largest absolute Gasteiger partial charge is 0.366 e. The van der Waals surface area contributed by atoms with Crippen molar-refractivity contribution in [2.45, 2.75) is 39.2 Å². The van der Waals surface area contributed by atoms with E-state index in [2.05, 4.69) is 5.32 Å². The smallest absolute Gasteiger partial charge is 0.248 e. The quantitative estimate of drug-likeness (QED) is 0.717. The molecular weight excluding hydrogens is 273 g/mol. The highest BCUT2D eigenvalue weighted by Gasteiger charge is 2.16. The summed E-state index contributed by atoms with van der Waals surface area (Å²) in [6.45, 7) is 3.68. The molecule has 5 nitrogen and oxygen atoms in total. The Morgan fingerprint density at radius 1 is 1.29 bits per heavy atom. The van der Waals surface area contributed by atoms with Crippen LogP contribution in [0.1, 0.15) is 43.5 Å². The second-order valence-electron chi connectivity index (χ2n) is 5.36. The molecule has 0 heterocycles. The van der Waals surface area contributed by atoms with Gasteiger partial charge < -0.3 is 16.8 Å². The summed E-state index contributed by atoms with van der Waals surface area (Å²) in [7, 11) is 0. The molecule has 0 fully saturated rings. The molecule has 0 aliphatic heterocycles. The van der Waals surface area contributed by atoms with E-state index in [1.165, 1.54) is 12.1 Å². The Hall–Kier alpha value is -1.95. The molecule has 0 saturated carbocycles. The number of benzene rings is 1. The molecule has 2 amide bonds. The van der Waals surface area contributed by atoms with Gasteiger partial charge in [-0.15, -0.1) is 0 Å². The van der Waals surface area contributed by atoms with E-state index in [9.17, 15) is 14.0 Å². The first-order chi connectivity index (χ1) is 9.81. The number of nitrogens with two attached hydrogens (primary N) is 2. The van der Waals surface area contributed by atoms with Gasteiger partial charge in [0.1, 0.15) is 5.82 Å². The van der Waals surface area contributed by atoms with E-state index in [0.717, 1.165) is 18.9 Å². The maximum absolute atomic E-state index is 13.6. The molecule has 0 aliphatic carbocycles. The van der Waals surface area contributed by atoms with Crippen LogP contribution >= 0.6 is 0 Å². The molecule has 0 spiro atoms. The predicted octanol–water partition coefficient (Wildman–Crippen LogP) is 2.02. The molecule has 0 aromatic heterocycles. The molecule has 0 bridgehead atoms. The summed E-state index contributed by atoms with van der Waals surface area (Å²) in [6.07, 6.45) is 2.34. The Morgan fingerprint density at radius 3 is 2.52 bits per heavy atom. The maximum atomic E-state index is 13.6. The number of hydrogen-bond donors (Lipinski definition) is 3. The van der Waals surface area contributed by atoms with Crippen molar-refractivity contribution in [1.29, 1.82) is 0 Å². The van der Waals surface area contributed by atoms with Gasteiger partial charge >= 0.3 is 0 Å². The summed E-state index contributed by atoms with van der Waals surface area (Å²) in [5.41, 5.74) is 10.9. The first-order valence-electron chi connectivity index (χ1n) is 6.97. The fourth-order valence-electron chi connectivity index (χ4n) is 1.91. The molecule has 0 radical (unpaired) electrons. The number of anilines is 1. The van der Waals surface area contributed by atoms with Crippen LogP contribution in [0.5, 0.6) is 0 Å². The van der Waals surface area contributed by atoms with Crippen molar-refractivity contribution in [3.05, 3.63) is 29.6 Å². The highest BCUT2D eigenvalue weighted by atomic mass is 19.1. The molecule has 6 heteroatoms. The van der Waals surface area contributed by atoms with Crippen LogP contribution in [-0.4, -0.2) is 17.9 Å². The van der Waals surface area contributed by atoms with Crippen LogP contribution in [0.3, 0.4) is 0 Å². The third-order valence-electron chi connectivity index (χ3n) is 3.25. The zero-order valence-corrected chi connectivity index (χ0v) is 12.4. The monoisotopic (exact) mass is 295 g/mol. The van der Waals surface area contributed by atoms with Gasteiger partial charge in [-0.2, -0.15) is 0 Å². The third-order valence-corrected chi connectivity index (χ3v) is 3.25. The van der Waals surface area contributed by atoms with Crippen molar-refractivity contribution in [2.75, 3.05) is 5.32 Å². The topological polar surface area (TPSA) is 98.2 Å². The molecule has 5 N–H and O–H groups in total. The van der Waals surface area contributed by atoms with Crippen molar-refractivity contribution in [2.24, 2.45) is 17.4 Å². The lowest BCUT2D eigenvalue weighted by atomic mass is 10.0. The number of carbonyl (C=O) groups is 2. The van der Waals surface area contributed by atoms with Crippen molar-refractivity contribution in [3.63, 3.8) is 0 Å². The lowest BCUT2D eigenvalue weighted by molar-refractivity contribution is -0.119. The third kappa shape index (κ3) is 5.51. The Bertz CT molecular complexity index is 518. The minimum absolute atomic E-state index is 0.0321. The Kier molecular flexibility index (Phi) is 6.30. The van der Waals surface area contributed by atoms with Gasteiger partial charge in [-0.1, -0.05) is 13.3 Å². The number of primary amides is 1. The summed E-state index contributed by atoms with van der Waals surface area (Å²) >= 11 is 0. The van der Waals surface area contributed by atoms with Gasteiger partial charge in [0.25, 0.3) is 0 Å². The molecule has 1 rings (SSSR count). The summed E-state index contributed by atoms with van der Waals surface area (Å²) in [6, 6.07) is 3.73. The van der Waals surface area contributed by atoms with E-state index in [4.69, 9.17) is 11.5 Å². The van der Waals surface area contributed by atoms with Gasteiger partial charge in [0.2, 0.25) is 11.8 Å². The molecule has 1 aromatic rings. The fourth-order valence-corrected chi connectivity index (χ4v) is 1.91. The van der Waals surface area contributed by atoms with E-state index >= 15 is 0 Å². The number of rotatable bonds is 7. The summed E-state index contributed by atoms with van der Waals surface area (Å²) < 4.78 is 13.6. The van der Waals surface area contributed by atoms with Gasteiger partial charge in [0.15, 0.2) is 0 Å². The zero-order chi connectivity index (χ0) is 16.0. The first-order valence-corrected chi connectivity index (χ1v) is 6.97. The molecule has 0 saturated heterocycles. The normalized spacial score (nSPS) is 13.5. The fraction of sp³-hybridized carbons (Fsp3) is 0.467. The van der Waals surface area contributed by atoms with Gasteiger partial charge in [-0.3, -0.25) is 9.59 Å². The van der Waals surface area contributed by atoms with Gasteiger partial charge in [0, 0.05) is 17.5 Å². The average Bonchev–Trinajstić information content (AvgIpc) is 2.40. The number of amides is 2. The number of halogens is 1. The Morgan fingerprint density at radius 2 is 1.95 bits per heavy atom. The maximum Gasteiger partial charge on any atom is 0.248 e. The van der Waals surface area contributed by atoms with E-state index in [1.54, 1.807) is 6.92 Å². The second-order valence-corrected chi connectivity index (χ2v) is 5.36. The SMILES string of the molecule is CC(N)CCCC(C)C(=O)Nc1cc(C(N)=O)ccc1F. The van der Waals surface area contributed by atoms with E-state index in [-0.39, 0.29) is 29.1 Å². The number of carbonyl (C=O) groups excluding carboxylic acids is 2. The molecular formula is C15H22FN3O2. The first kappa shape index (κ1) is 17.1.